The lowest BCUT2D eigenvalue weighted by molar-refractivity contribution is -0.142. The molecule has 0 saturated heterocycles. The van der Waals surface area contributed by atoms with Crippen LogP contribution in [0.4, 0.5) is 5.69 Å². The molecule has 0 unspecified atom stereocenters. The number of benzene rings is 1. The van der Waals surface area contributed by atoms with E-state index in [2.05, 4.69) is 16.0 Å². The van der Waals surface area contributed by atoms with Crippen LogP contribution in [-0.2, 0) is 14.4 Å². The Morgan fingerprint density at radius 1 is 1.31 bits per heavy atom. The molecule has 1 aromatic rings. The summed E-state index contributed by atoms with van der Waals surface area (Å²) in [6.07, 6.45) is 0.291. The molecule has 1 aliphatic rings. The topological polar surface area (TPSA) is 134 Å². The molecule has 0 aliphatic carbocycles. The van der Waals surface area contributed by atoms with E-state index in [1.165, 1.54) is 12.1 Å². The summed E-state index contributed by atoms with van der Waals surface area (Å²) in [4.78, 5) is 46.5. The number of nitrogens with one attached hydrogen (secondary N) is 3. The van der Waals surface area contributed by atoms with E-state index in [-0.39, 0.29) is 30.5 Å². The molecule has 140 valence electrons. The molecule has 1 aromatic carbocycles. The summed E-state index contributed by atoms with van der Waals surface area (Å²) in [5.74, 6) is -2.02. The Labute approximate surface area is 150 Å². The van der Waals surface area contributed by atoms with E-state index in [1.807, 2.05) is 13.8 Å². The number of amides is 3. The number of anilines is 1. The zero-order chi connectivity index (χ0) is 19.3. The highest BCUT2D eigenvalue weighted by Crippen LogP contribution is 2.28. The van der Waals surface area contributed by atoms with Crippen LogP contribution in [0.5, 0.6) is 5.75 Å². The summed E-state index contributed by atoms with van der Waals surface area (Å²) in [7, 11) is 0. The standard InChI is InChI=1S/C17H21N3O6/c1-9(2)5-12(17(24)25)20-14(21)7-18-16(23)10-3-4-13-11(6-10)19-15(22)8-26-13/h3-4,6,9,12H,5,7-8H2,1-2H3,(H,18,23)(H,19,22)(H,20,21)(H,24,25)/t12-/m0/s1. The summed E-state index contributed by atoms with van der Waals surface area (Å²) in [5.41, 5.74) is 0.612. The van der Waals surface area contributed by atoms with Crippen molar-refractivity contribution < 1.29 is 29.0 Å². The fourth-order valence-electron chi connectivity index (χ4n) is 2.43. The van der Waals surface area contributed by atoms with Crippen molar-refractivity contribution in [2.75, 3.05) is 18.5 Å². The number of carbonyl (C=O) groups excluding carboxylic acids is 3. The normalized spacial score (nSPS) is 13.9. The molecule has 1 atom stereocenters. The molecule has 0 bridgehead atoms. The van der Waals surface area contributed by atoms with Crippen LogP contribution in [0.15, 0.2) is 18.2 Å². The second-order valence-electron chi connectivity index (χ2n) is 6.32. The van der Waals surface area contributed by atoms with Gasteiger partial charge in [0.15, 0.2) is 6.61 Å². The van der Waals surface area contributed by atoms with Crippen LogP contribution >= 0.6 is 0 Å². The van der Waals surface area contributed by atoms with Crippen molar-refractivity contribution in [3.05, 3.63) is 23.8 Å². The zero-order valence-corrected chi connectivity index (χ0v) is 14.5. The molecule has 9 heteroatoms. The summed E-state index contributed by atoms with van der Waals surface area (Å²) in [5, 5.41) is 16.5. The van der Waals surface area contributed by atoms with Crippen molar-refractivity contribution in [3.8, 4) is 5.75 Å². The summed E-state index contributed by atoms with van der Waals surface area (Å²) < 4.78 is 5.20. The summed E-state index contributed by atoms with van der Waals surface area (Å²) >= 11 is 0. The first-order chi connectivity index (χ1) is 12.3. The largest absolute Gasteiger partial charge is 0.482 e. The first kappa shape index (κ1) is 19.2. The molecule has 2 rings (SSSR count). The minimum Gasteiger partial charge on any atom is -0.482 e. The fourth-order valence-corrected chi connectivity index (χ4v) is 2.43. The monoisotopic (exact) mass is 363 g/mol. The predicted octanol–water partition coefficient (Wildman–Crippen LogP) is 0.363. The molecule has 4 N–H and O–H groups in total. The van der Waals surface area contributed by atoms with Gasteiger partial charge >= 0.3 is 5.97 Å². The van der Waals surface area contributed by atoms with Crippen molar-refractivity contribution >= 4 is 29.4 Å². The first-order valence-electron chi connectivity index (χ1n) is 8.13. The summed E-state index contributed by atoms with van der Waals surface area (Å²) in [6.45, 7) is 3.26. The molecular formula is C17H21N3O6. The van der Waals surface area contributed by atoms with Gasteiger partial charge in [0.25, 0.3) is 11.8 Å². The minimum absolute atomic E-state index is 0.0835. The SMILES string of the molecule is CC(C)C[C@H](NC(=O)CNC(=O)c1ccc2c(c1)NC(=O)CO2)C(=O)O. The maximum Gasteiger partial charge on any atom is 0.326 e. The van der Waals surface area contributed by atoms with E-state index in [9.17, 15) is 19.2 Å². The van der Waals surface area contributed by atoms with E-state index >= 15 is 0 Å². The third kappa shape index (κ3) is 5.20. The van der Waals surface area contributed by atoms with Gasteiger partial charge in [0.2, 0.25) is 5.91 Å². The lowest BCUT2D eigenvalue weighted by Gasteiger charge is -2.18. The van der Waals surface area contributed by atoms with Crippen LogP contribution in [0.3, 0.4) is 0 Å². The number of carboxylic acid groups (broad SMARTS) is 1. The van der Waals surface area contributed by atoms with E-state index < -0.39 is 23.8 Å². The molecular weight excluding hydrogens is 342 g/mol. The van der Waals surface area contributed by atoms with E-state index in [4.69, 9.17) is 9.84 Å². The Hall–Kier alpha value is -3.10. The second-order valence-corrected chi connectivity index (χ2v) is 6.32. The van der Waals surface area contributed by atoms with Gasteiger partial charge in [-0.15, -0.1) is 0 Å². The van der Waals surface area contributed by atoms with Crippen molar-refractivity contribution in [1.29, 1.82) is 0 Å². The van der Waals surface area contributed by atoms with Gasteiger partial charge in [0.1, 0.15) is 11.8 Å². The average molecular weight is 363 g/mol. The number of hydrogen-bond donors (Lipinski definition) is 4. The first-order valence-corrected chi connectivity index (χ1v) is 8.13. The van der Waals surface area contributed by atoms with Crippen molar-refractivity contribution in [1.82, 2.24) is 10.6 Å². The van der Waals surface area contributed by atoms with Gasteiger partial charge in [-0.25, -0.2) is 4.79 Å². The van der Waals surface area contributed by atoms with Gasteiger partial charge < -0.3 is 25.8 Å². The Morgan fingerprint density at radius 2 is 2.04 bits per heavy atom. The van der Waals surface area contributed by atoms with Crippen LogP contribution in [0.2, 0.25) is 0 Å². The lowest BCUT2D eigenvalue weighted by atomic mass is 10.0. The predicted molar refractivity (Wildman–Crippen MR) is 91.9 cm³/mol. The smallest absolute Gasteiger partial charge is 0.326 e. The van der Waals surface area contributed by atoms with Crippen LogP contribution in [0.25, 0.3) is 0 Å². The van der Waals surface area contributed by atoms with Gasteiger partial charge in [-0.1, -0.05) is 13.8 Å². The summed E-state index contributed by atoms with van der Waals surface area (Å²) in [6, 6.07) is 3.49. The van der Waals surface area contributed by atoms with Crippen LogP contribution in [-0.4, -0.2) is 48.0 Å². The number of ether oxygens (including phenoxy) is 1. The van der Waals surface area contributed by atoms with Gasteiger partial charge in [-0.2, -0.15) is 0 Å². The maximum absolute atomic E-state index is 12.2. The third-order valence-corrected chi connectivity index (χ3v) is 3.62. The molecule has 3 amide bonds. The highest BCUT2D eigenvalue weighted by atomic mass is 16.5. The van der Waals surface area contributed by atoms with Gasteiger partial charge in [0.05, 0.1) is 12.2 Å². The number of fused-ring (bicyclic) bond motifs is 1. The molecule has 0 spiro atoms. The minimum atomic E-state index is -1.12. The molecule has 1 heterocycles. The van der Waals surface area contributed by atoms with E-state index in [1.54, 1.807) is 6.07 Å². The van der Waals surface area contributed by atoms with Crippen molar-refractivity contribution in [3.63, 3.8) is 0 Å². The van der Waals surface area contributed by atoms with Crippen LogP contribution in [0, 0.1) is 5.92 Å². The number of aliphatic carboxylic acids is 1. The third-order valence-electron chi connectivity index (χ3n) is 3.62. The quantitative estimate of drug-likeness (QED) is 0.553. The molecule has 9 nitrogen and oxygen atoms in total. The number of carboxylic acids is 1. The van der Waals surface area contributed by atoms with Gasteiger partial charge in [-0.05, 0) is 30.5 Å². The molecule has 0 aromatic heterocycles. The molecule has 0 fully saturated rings. The lowest BCUT2D eigenvalue weighted by Crippen LogP contribution is -2.46. The van der Waals surface area contributed by atoms with E-state index in [0.29, 0.717) is 17.9 Å². The molecule has 0 saturated carbocycles. The Kier molecular flexibility index (Phi) is 6.16. The van der Waals surface area contributed by atoms with Crippen LogP contribution in [0.1, 0.15) is 30.6 Å². The number of hydrogen-bond acceptors (Lipinski definition) is 5. The molecule has 26 heavy (non-hydrogen) atoms. The highest BCUT2D eigenvalue weighted by Gasteiger charge is 2.22. The highest BCUT2D eigenvalue weighted by molar-refractivity contribution is 6.00. The van der Waals surface area contributed by atoms with Crippen LogP contribution < -0.4 is 20.7 Å². The van der Waals surface area contributed by atoms with E-state index in [0.717, 1.165) is 0 Å². The average Bonchev–Trinajstić information content (AvgIpc) is 2.57. The van der Waals surface area contributed by atoms with Crippen molar-refractivity contribution in [2.24, 2.45) is 5.92 Å². The molecule has 1 aliphatic heterocycles. The number of rotatable bonds is 7. The zero-order valence-electron chi connectivity index (χ0n) is 14.5. The second kappa shape index (κ2) is 8.32. The fraction of sp³-hybridized carbons (Fsp3) is 0.412. The van der Waals surface area contributed by atoms with Gasteiger partial charge in [0, 0.05) is 5.56 Å². The molecule has 0 radical (unpaired) electrons. The Bertz CT molecular complexity index is 731. The Balaban J connectivity index is 1.91. The Morgan fingerprint density at radius 3 is 2.69 bits per heavy atom. The number of carbonyl (C=O) groups is 4. The van der Waals surface area contributed by atoms with Gasteiger partial charge in [-0.3, -0.25) is 14.4 Å². The maximum atomic E-state index is 12.2. The van der Waals surface area contributed by atoms with Crippen molar-refractivity contribution in [2.45, 2.75) is 26.3 Å².